The van der Waals surface area contributed by atoms with Crippen molar-refractivity contribution in [2.24, 2.45) is 0 Å². The second kappa shape index (κ2) is 6.89. The lowest BCUT2D eigenvalue weighted by molar-refractivity contribution is -0.139. The Morgan fingerprint density at radius 1 is 1.18 bits per heavy atom. The molecule has 1 aliphatic heterocycles. The van der Waals surface area contributed by atoms with Crippen molar-refractivity contribution < 1.29 is 14.7 Å². The zero-order valence-corrected chi connectivity index (χ0v) is 9.69. The zero-order chi connectivity index (χ0) is 12.7. The van der Waals surface area contributed by atoms with Crippen molar-refractivity contribution in [3.63, 3.8) is 0 Å². The molecule has 2 N–H and O–H groups in total. The van der Waals surface area contributed by atoms with Crippen LogP contribution in [0.4, 0.5) is 0 Å². The van der Waals surface area contributed by atoms with Crippen molar-refractivity contribution in [3.05, 3.63) is 0 Å². The van der Waals surface area contributed by atoms with Gasteiger partial charge in [0.15, 0.2) is 0 Å². The van der Waals surface area contributed by atoms with Crippen LogP contribution >= 0.6 is 0 Å². The summed E-state index contributed by atoms with van der Waals surface area (Å²) in [7, 11) is 0. The Morgan fingerprint density at radius 2 is 1.71 bits per heavy atom. The minimum absolute atomic E-state index is 0.0666. The fraction of sp³-hybridized carbons (Fsp3) is 0.636. The number of aliphatic carboxylic acids is 1. The van der Waals surface area contributed by atoms with E-state index in [1.54, 1.807) is 0 Å². The number of carbonyl (C=O) groups is 2. The lowest BCUT2D eigenvalue weighted by Gasteiger charge is -2.33. The monoisotopic (exact) mass is 239 g/mol. The molecule has 17 heavy (non-hydrogen) atoms. The summed E-state index contributed by atoms with van der Waals surface area (Å²) in [6.45, 7) is 3.40. The van der Waals surface area contributed by atoms with E-state index in [0.29, 0.717) is 32.7 Å². The molecule has 0 aromatic carbocycles. The summed E-state index contributed by atoms with van der Waals surface area (Å²) in [5.41, 5.74) is 0. The van der Waals surface area contributed by atoms with Crippen LogP contribution in [0.2, 0.25) is 0 Å². The number of hydrogen-bond donors (Lipinski definition) is 2. The Bertz CT molecular complexity index is 316. The molecule has 94 valence electrons. The van der Waals surface area contributed by atoms with Crippen molar-refractivity contribution >= 4 is 11.9 Å². The molecule has 6 nitrogen and oxygen atoms in total. The fourth-order valence-electron chi connectivity index (χ4n) is 1.71. The van der Waals surface area contributed by atoms with Crippen LogP contribution in [-0.2, 0) is 9.59 Å². The number of amides is 1. The maximum atomic E-state index is 11.4. The first kappa shape index (κ1) is 13.5. The second-order valence-electron chi connectivity index (χ2n) is 3.93. The number of hydrogen-bond acceptors (Lipinski definition) is 4. The summed E-state index contributed by atoms with van der Waals surface area (Å²) in [6, 6.07) is 0. The van der Waals surface area contributed by atoms with Gasteiger partial charge in [-0.1, -0.05) is 5.92 Å². The Balaban J connectivity index is 2.21. The highest BCUT2D eigenvalue weighted by Gasteiger charge is 2.19. The third-order valence-corrected chi connectivity index (χ3v) is 2.58. The molecule has 0 spiro atoms. The van der Waals surface area contributed by atoms with Gasteiger partial charge < -0.3 is 10.4 Å². The van der Waals surface area contributed by atoms with Crippen molar-refractivity contribution in [3.8, 4) is 12.3 Å². The summed E-state index contributed by atoms with van der Waals surface area (Å²) in [5.74, 6) is 1.44. The van der Waals surface area contributed by atoms with Gasteiger partial charge >= 0.3 is 5.97 Å². The van der Waals surface area contributed by atoms with Gasteiger partial charge in [0.05, 0.1) is 19.6 Å². The van der Waals surface area contributed by atoms with Crippen LogP contribution in [0.25, 0.3) is 0 Å². The number of carbonyl (C=O) groups excluding carboxylic acids is 1. The van der Waals surface area contributed by atoms with E-state index < -0.39 is 5.97 Å². The standard InChI is InChI=1S/C11H17N3O3/c1-2-3-12-10(15)8-13-4-6-14(7-5-13)9-11(16)17/h1H,3-9H2,(H,12,15)(H,16,17). The van der Waals surface area contributed by atoms with Crippen molar-refractivity contribution in [1.29, 1.82) is 0 Å². The fourth-order valence-corrected chi connectivity index (χ4v) is 1.71. The van der Waals surface area contributed by atoms with Crippen LogP contribution in [0.3, 0.4) is 0 Å². The molecule has 1 fully saturated rings. The summed E-state index contributed by atoms with van der Waals surface area (Å²) >= 11 is 0. The average Bonchev–Trinajstić information content (AvgIpc) is 2.28. The lowest BCUT2D eigenvalue weighted by atomic mass is 10.3. The molecule has 0 atom stereocenters. The van der Waals surface area contributed by atoms with Gasteiger partial charge in [0.2, 0.25) is 5.91 Å². The molecule has 1 rings (SSSR count). The lowest BCUT2D eigenvalue weighted by Crippen LogP contribution is -2.50. The quantitative estimate of drug-likeness (QED) is 0.568. The van der Waals surface area contributed by atoms with Crippen LogP contribution in [0.1, 0.15) is 0 Å². The van der Waals surface area contributed by atoms with E-state index in [0.717, 1.165) is 0 Å². The topological polar surface area (TPSA) is 72.9 Å². The SMILES string of the molecule is C#CCNC(=O)CN1CCN(CC(=O)O)CC1. The molecule has 0 aromatic heterocycles. The number of terminal acetylenes is 1. The van der Waals surface area contributed by atoms with Crippen LogP contribution < -0.4 is 5.32 Å². The van der Waals surface area contributed by atoms with Crippen LogP contribution in [0.15, 0.2) is 0 Å². The predicted molar refractivity (Wildman–Crippen MR) is 62.4 cm³/mol. The van der Waals surface area contributed by atoms with Crippen LogP contribution in [-0.4, -0.2) is 72.6 Å². The maximum absolute atomic E-state index is 11.4. The second-order valence-corrected chi connectivity index (χ2v) is 3.93. The largest absolute Gasteiger partial charge is 0.480 e. The molecule has 0 bridgehead atoms. The molecular weight excluding hydrogens is 222 g/mol. The molecule has 0 aliphatic carbocycles. The minimum atomic E-state index is -0.815. The van der Waals surface area contributed by atoms with Gasteiger partial charge in [0.25, 0.3) is 0 Å². The highest BCUT2D eigenvalue weighted by atomic mass is 16.4. The van der Waals surface area contributed by atoms with E-state index in [1.807, 2.05) is 9.80 Å². The first-order valence-electron chi connectivity index (χ1n) is 5.48. The van der Waals surface area contributed by atoms with Gasteiger partial charge in [-0.05, 0) is 0 Å². The third kappa shape index (κ3) is 5.33. The van der Waals surface area contributed by atoms with Gasteiger partial charge in [-0.25, -0.2) is 0 Å². The van der Waals surface area contributed by atoms with Crippen LogP contribution in [0, 0.1) is 12.3 Å². The third-order valence-electron chi connectivity index (χ3n) is 2.58. The normalized spacial score (nSPS) is 17.4. The summed E-state index contributed by atoms with van der Waals surface area (Å²) in [4.78, 5) is 25.7. The van der Waals surface area contributed by atoms with E-state index in [1.165, 1.54) is 0 Å². The van der Waals surface area contributed by atoms with Gasteiger partial charge in [-0.3, -0.25) is 19.4 Å². The molecule has 0 saturated carbocycles. The number of nitrogens with zero attached hydrogens (tertiary/aromatic N) is 2. The van der Waals surface area contributed by atoms with Gasteiger partial charge in [0, 0.05) is 26.2 Å². The maximum Gasteiger partial charge on any atom is 0.317 e. The van der Waals surface area contributed by atoms with Crippen molar-refractivity contribution in [1.82, 2.24) is 15.1 Å². The first-order valence-corrected chi connectivity index (χ1v) is 5.48. The molecule has 1 aliphatic rings. The van der Waals surface area contributed by atoms with E-state index in [-0.39, 0.29) is 19.0 Å². The van der Waals surface area contributed by atoms with Crippen molar-refractivity contribution in [2.75, 3.05) is 45.8 Å². The summed E-state index contributed by atoms with van der Waals surface area (Å²) in [6.07, 6.45) is 5.03. The number of carboxylic acids is 1. The highest BCUT2D eigenvalue weighted by Crippen LogP contribution is 2.00. The average molecular weight is 239 g/mol. The zero-order valence-electron chi connectivity index (χ0n) is 9.69. The van der Waals surface area contributed by atoms with E-state index >= 15 is 0 Å². The Morgan fingerprint density at radius 3 is 2.18 bits per heavy atom. The Kier molecular flexibility index (Phi) is 5.46. The van der Waals surface area contributed by atoms with E-state index in [4.69, 9.17) is 11.5 Å². The molecule has 1 saturated heterocycles. The molecule has 1 amide bonds. The van der Waals surface area contributed by atoms with E-state index in [2.05, 4.69) is 11.2 Å². The summed E-state index contributed by atoms with van der Waals surface area (Å²) < 4.78 is 0. The first-order chi connectivity index (χ1) is 8.11. The molecule has 0 radical (unpaired) electrons. The molecule has 1 heterocycles. The van der Waals surface area contributed by atoms with Crippen LogP contribution in [0.5, 0.6) is 0 Å². The number of piperazine rings is 1. The van der Waals surface area contributed by atoms with Crippen molar-refractivity contribution in [2.45, 2.75) is 0 Å². The molecule has 6 heteroatoms. The molecular formula is C11H17N3O3. The summed E-state index contributed by atoms with van der Waals surface area (Å²) in [5, 5.41) is 11.2. The predicted octanol–water partition coefficient (Wildman–Crippen LogP) is -1.56. The number of carboxylic acid groups (broad SMARTS) is 1. The molecule has 0 aromatic rings. The molecule has 0 unspecified atom stereocenters. The van der Waals surface area contributed by atoms with Gasteiger partial charge in [0.1, 0.15) is 0 Å². The smallest absolute Gasteiger partial charge is 0.317 e. The van der Waals surface area contributed by atoms with E-state index in [9.17, 15) is 9.59 Å². The number of rotatable bonds is 5. The highest BCUT2D eigenvalue weighted by molar-refractivity contribution is 5.78. The minimum Gasteiger partial charge on any atom is -0.480 e. The number of nitrogens with one attached hydrogen (secondary N) is 1. The Labute approximate surface area is 101 Å². The van der Waals surface area contributed by atoms with Gasteiger partial charge in [-0.15, -0.1) is 6.42 Å². The van der Waals surface area contributed by atoms with Gasteiger partial charge in [-0.2, -0.15) is 0 Å². The Hall–Kier alpha value is -1.58.